The highest BCUT2D eigenvalue weighted by molar-refractivity contribution is 6.14. The molecule has 0 atom stereocenters. The summed E-state index contributed by atoms with van der Waals surface area (Å²) in [4.78, 5) is 32.5. The van der Waals surface area contributed by atoms with Gasteiger partial charge in [-0.1, -0.05) is 0 Å². The molecule has 11 nitrogen and oxygen atoms in total. The minimum Gasteiger partial charge on any atom is -0.351 e. The number of fused-ring (bicyclic) bond motifs is 1. The first kappa shape index (κ1) is 17.9. The number of rotatable bonds is 5. The first-order valence-corrected chi connectivity index (χ1v) is 9.93. The molecule has 3 aliphatic rings. The molecule has 0 radical (unpaired) electrons. The first-order chi connectivity index (χ1) is 14.0. The molecule has 1 aliphatic heterocycles. The highest BCUT2D eigenvalue weighted by Gasteiger charge is 2.26. The van der Waals surface area contributed by atoms with E-state index in [0.717, 1.165) is 38.5 Å². The lowest BCUT2D eigenvalue weighted by Crippen LogP contribution is -2.33. The number of hydrogen-bond acceptors (Lipinski definition) is 8. The molecule has 2 aromatic rings. The Labute approximate surface area is 166 Å². The number of carbonyl (C=O) groups is 2. The topological polar surface area (TPSA) is 151 Å². The van der Waals surface area contributed by atoms with Crippen LogP contribution in [0.2, 0.25) is 0 Å². The van der Waals surface area contributed by atoms with Crippen molar-refractivity contribution in [2.75, 3.05) is 10.6 Å². The van der Waals surface area contributed by atoms with Crippen molar-refractivity contribution < 1.29 is 9.59 Å². The minimum absolute atomic E-state index is 0.163. The second-order valence-corrected chi connectivity index (χ2v) is 7.85. The fourth-order valence-electron chi connectivity index (χ4n) is 3.65. The summed E-state index contributed by atoms with van der Waals surface area (Å²) >= 11 is 0. The summed E-state index contributed by atoms with van der Waals surface area (Å²) in [6, 6.07) is 0.390. The summed E-state index contributed by atoms with van der Waals surface area (Å²) in [6.45, 7) is 0. The maximum Gasteiger partial charge on any atom is 0.326 e. The Hall–Kier alpha value is -3.21. The van der Waals surface area contributed by atoms with Crippen molar-refractivity contribution in [3.63, 3.8) is 0 Å². The third kappa shape index (κ3) is 3.73. The van der Waals surface area contributed by atoms with Gasteiger partial charge in [0.1, 0.15) is 5.70 Å². The number of carbonyl (C=O) groups excluding carboxylic acids is 2. The number of anilines is 2. The fourth-order valence-corrected chi connectivity index (χ4v) is 3.65. The van der Waals surface area contributed by atoms with Crippen LogP contribution in [0.5, 0.6) is 0 Å². The molecular formula is C18H23N9O2. The lowest BCUT2D eigenvalue weighted by Gasteiger charge is -2.26. The molecule has 5 rings (SSSR count). The number of hydrogen-bond donors (Lipinski definition) is 5. The van der Waals surface area contributed by atoms with Gasteiger partial charge in [0.15, 0.2) is 5.65 Å². The molecule has 29 heavy (non-hydrogen) atoms. The number of urea groups is 1. The zero-order chi connectivity index (χ0) is 20.0. The van der Waals surface area contributed by atoms with E-state index in [1.165, 1.54) is 0 Å². The van der Waals surface area contributed by atoms with Crippen molar-refractivity contribution in [3.05, 3.63) is 17.5 Å². The molecule has 0 bridgehead atoms. The average molecular weight is 397 g/mol. The molecule has 3 amide bonds. The fraction of sp³-hybridized carbons (Fsp3) is 0.500. The van der Waals surface area contributed by atoms with Gasteiger partial charge in [-0.05, 0) is 44.6 Å². The van der Waals surface area contributed by atoms with Crippen LogP contribution in [-0.4, -0.2) is 49.6 Å². The van der Waals surface area contributed by atoms with Crippen LogP contribution in [0.1, 0.15) is 44.1 Å². The Bertz CT molecular complexity index is 1000. The van der Waals surface area contributed by atoms with E-state index in [9.17, 15) is 9.59 Å². The molecule has 2 aliphatic carbocycles. The van der Waals surface area contributed by atoms with Crippen LogP contribution in [0.25, 0.3) is 11.7 Å². The maximum absolute atomic E-state index is 11.9. The largest absolute Gasteiger partial charge is 0.351 e. The van der Waals surface area contributed by atoms with Crippen LogP contribution in [0, 0.1) is 0 Å². The molecule has 2 aromatic heterocycles. The van der Waals surface area contributed by atoms with E-state index in [1.807, 2.05) is 0 Å². The van der Waals surface area contributed by atoms with Gasteiger partial charge in [-0.15, -0.1) is 0 Å². The molecule has 6 N–H and O–H groups in total. The van der Waals surface area contributed by atoms with E-state index < -0.39 is 11.9 Å². The van der Waals surface area contributed by atoms with Crippen LogP contribution in [0.4, 0.5) is 16.7 Å². The van der Waals surface area contributed by atoms with Gasteiger partial charge < -0.3 is 21.7 Å². The summed E-state index contributed by atoms with van der Waals surface area (Å²) < 4.78 is 1.63. The molecule has 11 heteroatoms. The molecule has 0 aromatic carbocycles. The summed E-state index contributed by atoms with van der Waals surface area (Å²) in [5.41, 5.74) is 7.34. The highest BCUT2D eigenvalue weighted by Crippen LogP contribution is 2.26. The Morgan fingerprint density at radius 2 is 1.76 bits per heavy atom. The van der Waals surface area contributed by atoms with Crippen molar-refractivity contribution in [2.24, 2.45) is 5.73 Å². The molecule has 152 valence electrons. The second-order valence-electron chi connectivity index (χ2n) is 7.85. The molecule has 0 unspecified atom stereocenters. The van der Waals surface area contributed by atoms with Crippen LogP contribution in [0.3, 0.4) is 0 Å². The van der Waals surface area contributed by atoms with E-state index >= 15 is 0 Å². The predicted molar refractivity (Wildman–Crippen MR) is 106 cm³/mol. The number of nitrogens with zero attached hydrogens (tertiary/aromatic N) is 4. The van der Waals surface area contributed by atoms with Crippen LogP contribution >= 0.6 is 0 Å². The summed E-state index contributed by atoms with van der Waals surface area (Å²) in [7, 11) is 0. The number of imide groups is 1. The van der Waals surface area contributed by atoms with Gasteiger partial charge in [0, 0.05) is 23.7 Å². The van der Waals surface area contributed by atoms with Gasteiger partial charge in [-0.25, -0.2) is 4.79 Å². The van der Waals surface area contributed by atoms with Crippen LogP contribution in [-0.2, 0) is 4.79 Å². The van der Waals surface area contributed by atoms with Crippen molar-refractivity contribution in [3.8, 4) is 0 Å². The Morgan fingerprint density at radius 3 is 2.45 bits per heavy atom. The number of nitrogens with one attached hydrogen (secondary N) is 4. The van der Waals surface area contributed by atoms with Crippen molar-refractivity contribution >= 4 is 35.6 Å². The minimum atomic E-state index is -0.540. The van der Waals surface area contributed by atoms with Gasteiger partial charge in [0.05, 0.1) is 6.20 Å². The smallest absolute Gasteiger partial charge is 0.326 e. The number of aromatic nitrogens is 4. The van der Waals surface area contributed by atoms with Gasteiger partial charge >= 0.3 is 6.03 Å². The zero-order valence-electron chi connectivity index (χ0n) is 15.8. The average Bonchev–Trinajstić information content (AvgIpc) is 3.33. The third-order valence-electron chi connectivity index (χ3n) is 5.43. The molecule has 3 heterocycles. The standard InChI is InChI=1S/C18H23N9O2/c19-10-1-3-11(4-2-10)21-16-24-14-9(7-13-15(28)25-18(29)23-13)8-20-27(14)17(26-16)22-12-5-6-12/h7-8,10-12H,1-6,19H2,(H2,21,22,24,26)(H2,23,25,28,29). The molecule has 1 saturated heterocycles. The predicted octanol–water partition coefficient (Wildman–Crippen LogP) is 0.561. The van der Waals surface area contributed by atoms with E-state index in [1.54, 1.807) is 16.8 Å². The van der Waals surface area contributed by atoms with Crippen molar-refractivity contribution in [1.82, 2.24) is 30.2 Å². The Balaban J connectivity index is 1.49. The van der Waals surface area contributed by atoms with E-state index in [0.29, 0.717) is 29.1 Å². The highest BCUT2D eigenvalue weighted by atomic mass is 16.2. The van der Waals surface area contributed by atoms with Crippen LogP contribution < -0.4 is 27.0 Å². The van der Waals surface area contributed by atoms with E-state index in [4.69, 9.17) is 5.73 Å². The summed E-state index contributed by atoms with van der Waals surface area (Å²) in [5, 5.41) is 15.9. The lowest BCUT2D eigenvalue weighted by molar-refractivity contribution is -0.115. The van der Waals surface area contributed by atoms with E-state index in [-0.39, 0.29) is 17.8 Å². The van der Waals surface area contributed by atoms with E-state index in [2.05, 4.69) is 36.3 Å². The molecular weight excluding hydrogens is 374 g/mol. The van der Waals surface area contributed by atoms with Gasteiger partial charge in [-0.2, -0.15) is 19.6 Å². The molecule has 0 spiro atoms. The SMILES string of the molecule is NC1CCC(Nc2nc(NC3CC3)n3ncc(C=C4NC(=O)NC4=O)c3n2)CC1. The maximum atomic E-state index is 11.9. The normalized spacial score (nSPS) is 25.9. The van der Waals surface area contributed by atoms with Crippen molar-refractivity contribution in [2.45, 2.75) is 56.7 Å². The Kier molecular flexibility index (Phi) is 4.31. The van der Waals surface area contributed by atoms with Gasteiger partial charge in [0.25, 0.3) is 5.91 Å². The first-order valence-electron chi connectivity index (χ1n) is 9.93. The van der Waals surface area contributed by atoms with Gasteiger partial charge in [-0.3, -0.25) is 10.1 Å². The summed E-state index contributed by atoms with van der Waals surface area (Å²) in [5.74, 6) is 0.648. The quantitative estimate of drug-likeness (QED) is 0.363. The number of amides is 3. The van der Waals surface area contributed by atoms with Gasteiger partial charge in [0.2, 0.25) is 11.9 Å². The summed E-state index contributed by atoms with van der Waals surface area (Å²) in [6.07, 6.45) is 9.28. The monoisotopic (exact) mass is 397 g/mol. The molecule has 3 fully saturated rings. The third-order valence-corrected chi connectivity index (χ3v) is 5.43. The number of nitrogens with two attached hydrogens (primary N) is 1. The van der Waals surface area contributed by atoms with Crippen molar-refractivity contribution in [1.29, 1.82) is 0 Å². The second kappa shape index (κ2) is 6.99. The lowest BCUT2D eigenvalue weighted by atomic mass is 9.92. The Morgan fingerprint density at radius 1 is 1.03 bits per heavy atom. The van der Waals surface area contributed by atoms with Crippen LogP contribution in [0.15, 0.2) is 11.9 Å². The zero-order valence-corrected chi connectivity index (χ0v) is 15.8. The molecule has 2 saturated carbocycles.